The first-order valence-electron chi connectivity index (χ1n) is 9.91. The second kappa shape index (κ2) is 9.66. The minimum Gasteiger partial charge on any atom is -0.484 e. The number of nitrogens with zero attached hydrogens (tertiary/aromatic N) is 1. The minimum absolute atomic E-state index is 0.0774. The Morgan fingerprint density at radius 3 is 2.19 bits per heavy atom. The molecule has 3 rings (SSSR count). The van der Waals surface area contributed by atoms with E-state index < -0.39 is 9.84 Å². The summed E-state index contributed by atoms with van der Waals surface area (Å²) in [6.07, 6.45) is 1.13. The van der Waals surface area contributed by atoms with Crippen molar-refractivity contribution < 1.29 is 17.9 Å². The van der Waals surface area contributed by atoms with Crippen molar-refractivity contribution in [2.24, 2.45) is 0 Å². The van der Waals surface area contributed by atoms with Gasteiger partial charge in [-0.05, 0) is 68.4 Å². The van der Waals surface area contributed by atoms with Crippen molar-refractivity contribution in [3.8, 4) is 5.75 Å². The molecule has 3 aromatic carbocycles. The number of ether oxygens (including phenoxy) is 1. The van der Waals surface area contributed by atoms with E-state index in [4.69, 9.17) is 4.74 Å². The van der Waals surface area contributed by atoms with Crippen LogP contribution in [-0.2, 0) is 14.6 Å². The van der Waals surface area contributed by atoms with Crippen molar-refractivity contribution in [2.45, 2.75) is 24.8 Å². The quantitative estimate of drug-likeness (QED) is 0.554. The molecule has 0 saturated carbocycles. The molecule has 0 saturated heterocycles. The summed E-state index contributed by atoms with van der Waals surface area (Å²) in [5, 5.41) is 3.32. The van der Waals surface area contributed by atoms with Crippen LogP contribution < -0.4 is 15.0 Å². The van der Waals surface area contributed by atoms with Crippen molar-refractivity contribution in [2.75, 3.05) is 23.1 Å². The Bertz CT molecular complexity index is 1130. The smallest absolute Gasteiger partial charge is 0.265 e. The Hall–Kier alpha value is -3.32. The number of para-hydroxylation sites is 1. The van der Waals surface area contributed by atoms with Gasteiger partial charge in [-0.1, -0.05) is 24.3 Å². The van der Waals surface area contributed by atoms with Gasteiger partial charge >= 0.3 is 0 Å². The SMILES string of the molecule is CC(C)N(C(=O)COc1cccc(S(C)(=O)=O)c1)c1ccc(Nc2ccccc2)cc1. The number of carbonyl (C=O) groups is 1. The van der Waals surface area contributed by atoms with Crippen LogP contribution in [0, 0.1) is 0 Å². The first-order valence-corrected chi connectivity index (χ1v) is 11.8. The van der Waals surface area contributed by atoms with Crippen LogP contribution in [0.2, 0.25) is 0 Å². The Balaban J connectivity index is 1.69. The first-order chi connectivity index (χ1) is 14.7. The van der Waals surface area contributed by atoms with Crippen molar-refractivity contribution in [1.82, 2.24) is 0 Å². The predicted octanol–water partition coefficient (Wildman–Crippen LogP) is 4.65. The molecule has 0 fully saturated rings. The number of rotatable bonds is 8. The summed E-state index contributed by atoms with van der Waals surface area (Å²) in [7, 11) is -3.34. The molecule has 31 heavy (non-hydrogen) atoms. The summed E-state index contributed by atoms with van der Waals surface area (Å²) < 4.78 is 29.0. The fourth-order valence-electron chi connectivity index (χ4n) is 3.13. The van der Waals surface area contributed by atoms with E-state index in [0.29, 0.717) is 5.75 Å². The number of hydrogen-bond donors (Lipinski definition) is 1. The molecule has 0 atom stereocenters. The summed E-state index contributed by atoms with van der Waals surface area (Å²) in [6.45, 7) is 3.66. The van der Waals surface area contributed by atoms with Crippen LogP contribution in [0.5, 0.6) is 5.75 Å². The lowest BCUT2D eigenvalue weighted by atomic mass is 10.2. The number of sulfone groups is 1. The van der Waals surface area contributed by atoms with Crippen LogP contribution in [0.1, 0.15) is 13.8 Å². The van der Waals surface area contributed by atoms with Gasteiger partial charge in [-0.25, -0.2) is 8.42 Å². The third-order valence-electron chi connectivity index (χ3n) is 4.59. The zero-order valence-electron chi connectivity index (χ0n) is 17.8. The molecule has 0 aliphatic heterocycles. The Morgan fingerprint density at radius 1 is 0.935 bits per heavy atom. The van der Waals surface area contributed by atoms with Gasteiger partial charge in [0.1, 0.15) is 5.75 Å². The van der Waals surface area contributed by atoms with E-state index in [9.17, 15) is 13.2 Å². The van der Waals surface area contributed by atoms with Crippen molar-refractivity contribution >= 4 is 32.8 Å². The molecular weight excluding hydrogens is 412 g/mol. The van der Waals surface area contributed by atoms with E-state index in [-0.39, 0.29) is 23.5 Å². The van der Waals surface area contributed by atoms with Crippen molar-refractivity contribution in [3.05, 3.63) is 78.9 Å². The summed E-state index contributed by atoms with van der Waals surface area (Å²) >= 11 is 0. The zero-order chi connectivity index (χ0) is 22.4. The molecule has 0 bridgehead atoms. The monoisotopic (exact) mass is 438 g/mol. The molecule has 0 radical (unpaired) electrons. The molecule has 0 heterocycles. The first kappa shape index (κ1) is 22.4. The Morgan fingerprint density at radius 2 is 1.58 bits per heavy atom. The molecule has 0 unspecified atom stereocenters. The van der Waals surface area contributed by atoms with Gasteiger partial charge < -0.3 is 15.0 Å². The topological polar surface area (TPSA) is 75.7 Å². The van der Waals surface area contributed by atoms with E-state index in [0.717, 1.165) is 23.3 Å². The molecule has 0 aliphatic rings. The third-order valence-corrected chi connectivity index (χ3v) is 5.70. The lowest BCUT2D eigenvalue weighted by Crippen LogP contribution is -2.40. The fourth-order valence-corrected chi connectivity index (χ4v) is 3.79. The van der Waals surface area contributed by atoms with Gasteiger partial charge in [0, 0.05) is 29.4 Å². The molecule has 0 spiro atoms. The van der Waals surface area contributed by atoms with Gasteiger partial charge in [-0.2, -0.15) is 0 Å². The van der Waals surface area contributed by atoms with E-state index in [1.807, 2.05) is 68.4 Å². The number of benzene rings is 3. The predicted molar refractivity (Wildman–Crippen MR) is 124 cm³/mol. The van der Waals surface area contributed by atoms with Gasteiger partial charge in [0.15, 0.2) is 16.4 Å². The van der Waals surface area contributed by atoms with Gasteiger partial charge in [0.2, 0.25) is 0 Å². The standard InChI is InChI=1S/C24H26N2O4S/c1-18(2)26(21-14-12-20(13-15-21)25-19-8-5-4-6-9-19)24(27)17-30-22-10-7-11-23(16-22)31(3,28)29/h4-16,18,25H,17H2,1-3H3. The Kier molecular flexibility index (Phi) is 6.97. The average Bonchev–Trinajstić information content (AvgIpc) is 2.74. The summed E-state index contributed by atoms with van der Waals surface area (Å²) in [4.78, 5) is 14.7. The van der Waals surface area contributed by atoms with Crippen LogP contribution in [0.4, 0.5) is 17.1 Å². The van der Waals surface area contributed by atoms with Crippen molar-refractivity contribution in [3.63, 3.8) is 0 Å². The minimum atomic E-state index is -3.34. The van der Waals surface area contributed by atoms with Gasteiger partial charge in [-0.15, -0.1) is 0 Å². The van der Waals surface area contributed by atoms with E-state index in [1.54, 1.807) is 17.0 Å². The molecule has 1 amide bonds. The van der Waals surface area contributed by atoms with Crippen LogP contribution >= 0.6 is 0 Å². The molecule has 162 valence electrons. The number of nitrogens with one attached hydrogen (secondary N) is 1. The van der Waals surface area contributed by atoms with Crippen LogP contribution in [-0.4, -0.2) is 33.2 Å². The summed E-state index contributed by atoms with van der Waals surface area (Å²) in [6, 6.07) is 23.5. The molecule has 3 aromatic rings. The molecule has 1 N–H and O–H groups in total. The van der Waals surface area contributed by atoms with Crippen LogP contribution in [0.25, 0.3) is 0 Å². The highest BCUT2D eigenvalue weighted by molar-refractivity contribution is 7.90. The molecule has 0 aliphatic carbocycles. The maximum atomic E-state index is 12.9. The highest BCUT2D eigenvalue weighted by Crippen LogP contribution is 2.23. The van der Waals surface area contributed by atoms with Gasteiger partial charge in [-0.3, -0.25) is 4.79 Å². The number of anilines is 3. The van der Waals surface area contributed by atoms with Crippen LogP contribution in [0.3, 0.4) is 0 Å². The van der Waals surface area contributed by atoms with Gasteiger partial charge in [0.25, 0.3) is 5.91 Å². The molecule has 7 heteroatoms. The maximum Gasteiger partial charge on any atom is 0.265 e. The second-order valence-corrected chi connectivity index (χ2v) is 9.45. The number of amides is 1. The van der Waals surface area contributed by atoms with E-state index in [1.165, 1.54) is 12.1 Å². The van der Waals surface area contributed by atoms with Crippen molar-refractivity contribution in [1.29, 1.82) is 0 Å². The number of carbonyl (C=O) groups excluding carboxylic acids is 1. The number of hydrogen-bond acceptors (Lipinski definition) is 5. The third kappa shape index (κ3) is 6.08. The maximum absolute atomic E-state index is 12.9. The average molecular weight is 439 g/mol. The molecular formula is C24H26N2O4S. The largest absolute Gasteiger partial charge is 0.484 e. The summed E-state index contributed by atoms with van der Waals surface area (Å²) in [5.74, 6) is 0.117. The normalized spacial score (nSPS) is 11.2. The lowest BCUT2D eigenvalue weighted by Gasteiger charge is -2.27. The van der Waals surface area contributed by atoms with E-state index in [2.05, 4.69) is 5.32 Å². The highest BCUT2D eigenvalue weighted by atomic mass is 32.2. The van der Waals surface area contributed by atoms with E-state index >= 15 is 0 Å². The van der Waals surface area contributed by atoms with Crippen LogP contribution in [0.15, 0.2) is 83.8 Å². The lowest BCUT2D eigenvalue weighted by molar-refractivity contribution is -0.120. The van der Waals surface area contributed by atoms with Gasteiger partial charge in [0.05, 0.1) is 4.90 Å². The summed E-state index contributed by atoms with van der Waals surface area (Å²) in [5.41, 5.74) is 2.66. The molecule has 0 aromatic heterocycles. The highest BCUT2D eigenvalue weighted by Gasteiger charge is 2.20. The Labute approximate surface area is 183 Å². The fraction of sp³-hybridized carbons (Fsp3) is 0.208. The molecule has 6 nitrogen and oxygen atoms in total. The second-order valence-electron chi connectivity index (χ2n) is 7.43. The zero-order valence-corrected chi connectivity index (χ0v) is 18.6.